The smallest absolute Gasteiger partial charge is 0.244 e. The number of carbonyl (C=O) groups excluding carboxylic acids is 1. The number of benzene rings is 1. The topological polar surface area (TPSA) is 66.6 Å². The molecule has 1 aliphatic rings. The van der Waals surface area contributed by atoms with Gasteiger partial charge >= 0.3 is 0 Å². The number of aliphatic hydroxyl groups is 1. The molecular weight excluding hydrogens is 276 g/mol. The third-order valence-corrected chi connectivity index (χ3v) is 3.70. The lowest BCUT2D eigenvalue weighted by molar-refractivity contribution is -0.134. The second-order valence-electron chi connectivity index (χ2n) is 5.30. The number of nitrogens with zero attached hydrogens (tertiary/aromatic N) is 1. The van der Waals surface area contributed by atoms with Gasteiger partial charge in [-0.05, 0) is 31.7 Å². The van der Waals surface area contributed by atoms with Gasteiger partial charge in [-0.15, -0.1) is 12.4 Å². The fourth-order valence-corrected chi connectivity index (χ4v) is 2.75. The van der Waals surface area contributed by atoms with Crippen LogP contribution in [0.3, 0.4) is 0 Å². The molecule has 1 fully saturated rings. The monoisotopic (exact) mass is 298 g/mol. The van der Waals surface area contributed by atoms with E-state index in [1.165, 1.54) is 0 Å². The van der Waals surface area contributed by atoms with E-state index in [2.05, 4.69) is 0 Å². The second kappa shape index (κ2) is 7.62. The summed E-state index contributed by atoms with van der Waals surface area (Å²) in [6.45, 7) is 2.51. The van der Waals surface area contributed by atoms with E-state index in [-0.39, 0.29) is 30.5 Å². The van der Waals surface area contributed by atoms with Gasteiger partial charge < -0.3 is 15.7 Å². The van der Waals surface area contributed by atoms with Crippen molar-refractivity contribution in [2.45, 2.75) is 44.4 Å². The highest BCUT2D eigenvalue weighted by atomic mass is 35.5. The molecule has 1 saturated heterocycles. The number of amides is 1. The molecule has 0 saturated carbocycles. The molecule has 3 atom stereocenters. The van der Waals surface area contributed by atoms with Crippen molar-refractivity contribution in [3.63, 3.8) is 0 Å². The van der Waals surface area contributed by atoms with Crippen LogP contribution < -0.4 is 5.73 Å². The first-order valence-electron chi connectivity index (χ1n) is 6.88. The lowest BCUT2D eigenvalue weighted by atomic mass is 10.0. The maximum atomic E-state index is 12.5. The standard InChI is InChI=1S/C15H22N2O2.ClH/c1-11(18)10-13-8-5-9-17(13)15(19)14(16)12-6-3-2-4-7-12;/h2-4,6-7,11,13-14,18H,5,8-10,16H2,1H3;1H. The van der Waals surface area contributed by atoms with Crippen molar-refractivity contribution in [2.24, 2.45) is 5.73 Å². The van der Waals surface area contributed by atoms with Crippen molar-refractivity contribution in [3.8, 4) is 0 Å². The van der Waals surface area contributed by atoms with E-state index in [0.29, 0.717) is 6.42 Å². The van der Waals surface area contributed by atoms with E-state index in [4.69, 9.17) is 5.73 Å². The molecule has 1 amide bonds. The maximum Gasteiger partial charge on any atom is 0.244 e. The first-order chi connectivity index (χ1) is 9.09. The second-order valence-corrected chi connectivity index (χ2v) is 5.30. The number of halogens is 1. The Labute approximate surface area is 126 Å². The van der Waals surface area contributed by atoms with Crippen molar-refractivity contribution < 1.29 is 9.90 Å². The third kappa shape index (κ3) is 3.95. The molecule has 5 heteroatoms. The van der Waals surface area contributed by atoms with Gasteiger partial charge in [0.05, 0.1) is 6.10 Å². The zero-order valence-corrected chi connectivity index (χ0v) is 12.6. The van der Waals surface area contributed by atoms with Crippen LogP contribution in [0.15, 0.2) is 30.3 Å². The Morgan fingerprint density at radius 1 is 1.45 bits per heavy atom. The number of hydrogen-bond donors (Lipinski definition) is 2. The molecule has 0 spiro atoms. The van der Waals surface area contributed by atoms with Gasteiger partial charge in [0.15, 0.2) is 0 Å². The van der Waals surface area contributed by atoms with Gasteiger partial charge in [-0.3, -0.25) is 4.79 Å². The zero-order valence-electron chi connectivity index (χ0n) is 11.7. The summed E-state index contributed by atoms with van der Waals surface area (Å²) < 4.78 is 0. The van der Waals surface area contributed by atoms with Crippen molar-refractivity contribution in [1.82, 2.24) is 4.90 Å². The van der Waals surface area contributed by atoms with Gasteiger partial charge in [-0.1, -0.05) is 30.3 Å². The molecule has 1 aliphatic heterocycles. The highest BCUT2D eigenvalue weighted by molar-refractivity contribution is 5.85. The summed E-state index contributed by atoms with van der Waals surface area (Å²) in [6, 6.07) is 8.97. The largest absolute Gasteiger partial charge is 0.393 e. The Morgan fingerprint density at radius 2 is 2.10 bits per heavy atom. The van der Waals surface area contributed by atoms with Crippen LogP contribution in [0.2, 0.25) is 0 Å². The van der Waals surface area contributed by atoms with Gasteiger partial charge in [0.2, 0.25) is 5.91 Å². The minimum atomic E-state index is -0.601. The lowest BCUT2D eigenvalue weighted by Gasteiger charge is -2.28. The van der Waals surface area contributed by atoms with Crippen molar-refractivity contribution in [2.75, 3.05) is 6.54 Å². The number of hydrogen-bond acceptors (Lipinski definition) is 3. The van der Waals surface area contributed by atoms with Gasteiger partial charge in [-0.2, -0.15) is 0 Å². The Hall–Kier alpha value is -1.10. The van der Waals surface area contributed by atoms with Crippen LogP contribution in [0.1, 0.15) is 37.8 Å². The number of likely N-dealkylation sites (tertiary alicyclic amines) is 1. The van der Waals surface area contributed by atoms with Crippen molar-refractivity contribution >= 4 is 18.3 Å². The van der Waals surface area contributed by atoms with Gasteiger partial charge in [0.1, 0.15) is 6.04 Å². The molecule has 0 aromatic heterocycles. The molecule has 1 aromatic carbocycles. The normalized spacial score (nSPS) is 21.1. The minimum absolute atomic E-state index is 0. The van der Waals surface area contributed by atoms with E-state index in [0.717, 1.165) is 24.9 Å². The fourth-order valence-electron chi connectivity index (χ4n) is 2.75. The molecule has 4 nitrogen and oxygen atoms in total. The molecule has 0 aliphatic carbocycles. The minimum Gasteiger partial charge on any atom is -0.393 e. The van der Waals surface area contributed by atoms with Crippen LogP contribution in [0.25, 0.3) is 0 Å². The molecule has 112 valence electrons. The van der Waals surface area contributed by atoms with Gasteiger partial charge in [0.25, 0.3) is 0 Å². The maximum absolute atomic E-state index is 12.5. The molecule has 20 heavy (non-hydrogen) atoms. The summed E-state index contributed by atoms with van der Waals surface area (Å²) in [4.78, 5) is 14.3. The Bertz CT molecular complexity index is 425. The average Bonchev–Trinajstić information content (AvgIpc) is 2.85. The van der Waals surface area contributed by atoms with E-state index >= 15 is 0 Å². The number of carbonyl (C=O) groups is 1. The van der Waals surface area contributed by atoms with Crippen LogP contribution in [-0.4, -0.2) is 34.6 Å². The number of nitrogens with two attached hydrogens (primary N) is 1. The molecule has 3 N–H and O–H groups in total. The van der Waals surface area contributed by atoms with E-state index < -0.39 is 6.04 Å². The molecule has 3 unspecified atom stereocenters. The van der Waals surface area contributed by atoms with Gasteiger partial charge in [0, 0.05) is 12.6 Å². The third-order valence-electron chi connectivity index (χ3n) is 3.70. The number of rotatable bonds is 4. The SMILES string of the molecule is CC(O)CC1CCCN1C(=O)C(N)c1ccccc1.Cl. The highest BCUT2D eigenvalue weighted by Crippen LogP contribution is 2.25. The summed E-state index contributed by atoms with van der Waals surface area (Å²) in [6.07, 6.45) is 2.20. The van der Waals surface area contributed by atoms with Crippen LogP contribution in [-0.2, 0) is 4.79 Å². The van der Waals surface area contributed by atoms with Crippen LogP contribution >= 0.6 is 12.4 Å². The van der Waals surface area contributed by atoms with Gasteiger partial charge in [-0.25, -0.2) is 0 Å². The van der Waals surface area contributed by atoms with E-state index in [1.807, 2.05) is 35.2 Å². The summed E-state index contributed by atoms with van der Waals surface area (Å²) in [5.41, 5.74) is 6.90. The predicted octanol–water partition coefficient (Wildman–Crippen LogP) is 1.87. The van der Waals surface area contributed by atoms with Crippen LogP contribution in [0, 0.1) is 0 Å². The first kappa shape index (κ1) is 17.0. The van der Waals surface area contributed by atoms with Crippen molar-refractivity contribution in [3.05, 3.63) is 35.9 Å². The van der Waals surface area contributed by atoms with Crippen LogP contribution in [0.4, 0.5) is 0 Å². The summed E-state index contributed by atoms with van der Waals surface area (Å²) in [5, 5.41) is 9.50. The number of aliphatic hydroxyl groups excluding tert-OH is 1. The Balaban J connectivity index is 0.00000200. The quantitative estimate of drug-likeness (QED) is 0.892. The molecular formula is C15H23ClN2O2. The Morgan fingerprint density at radius 3 is 2.70 bits per heavy atom. The average molecular weight is 299 g/mol. The Kier molecular flexibility index (Phi) is 6.46. The molecule has 1 aromatic rings. The zero-order chi connectivity index (χ0) is 13.8. The lowest BCUT2D eigenvalue weighted by Crippen LogP contribution is -2.42. The van der Waals surface area contributed by atoms with E-state index in [9.17, 15) is 9.90 Å². The summed E-state index contributed by atoms with van der Waals surface area (Å²) >= 11 is 0. The molecule has 0 bridgehead atoms. The molecule has 2 rings (SSSR count). The fraction of sp³-hybridized carbons (Fsp3) is 0.533. The first-order valence-corrected chi connectivity index (χ1v) is 6.88. The van der Waals surface area contributed by atoms with Crippen molar-refractivity contribution in [1.29, 1.82) is 0 Å². The molecule has 1 heterocycles. The van der Waals surface area contributed by atoms with E-state index in [1.54, 1.807) is 6.92 Å². The highest BCUT2D eigenvalue weighted by Gasteiger charge is 2.32. The van der Waals surface area contributed by atoms with Crippen LogP contribution in [0.5, 0.6) is 0 Å². The summed E-state index contributed by atoms with van der Waals surface area (Å²) in [5.74, 6) is -0.0330. The molecule has 0 radical (unpaired) electrons. The predicted molar refractivity (Wildman–Crippen MR) is 81.7 cm³/mol. The summed E-state index contributed by atoms with van der Waals surface area (Å²) in [7, 11) is 0.